The van der Waals surface area contributed by atoms with Crippen molar-refractivity contribution in [3.8, 4) is 5.69 Å². The van der Waals surface area contributed by atoms with Crippen LogP contribution in [0.5, 0.6) is 0 Å². The van der Waals surface area contributed by atoms with E-state index in [1.54, 1.807) is 48.7 Å². The molecule has 1 aliphatic heterocycles. The second-order valence-electron chi connectivity index (χ2n) is 7.44. The highest BCUT2D eigenvalue weighted by atomic mass is 35.5. The van der Waals surface area contributed by atoms with Crippen LogP contribution in [0.3, 0.4) is 0 Å². The van der Waals surface area contributed by atoms with Crippen LogP contribution >= 0.6 is 11.6 Å². The molecule has 3 aromatic rings. The first kappa shape index (κ1) is 21.5. The van der Waals surface area contributed by atoms with E-state index in [0.717, 1.165) is 4.90 Å². The third-order valence-corrected chi connectivity index (χ3v) is 5.63. The summed E-state index contributed by atoms with van der Waals surface area (Å²) in [6.07, 6.45) is 1.97. The molecule has 4 rings (SSSR count). The number of benzene rings is 1. The summed E-state index contributed by atoms with van der Waals surface area (Å²) >= 11 is 5.94. The van der Waals surface area contributed by atoms with Crippen LogP contribution in [-0.2, 0) is 10.3 Å². The summed E-state index contributed by atoms with van der Waals surface area (Å²) in [6.45, 7) is -0.108. The summed E-state index contributed by atoms with van der Waals surface area (Å²) in [5.41, 5.74) is 5.04. The van der Waals surface area contributed by atoms with Crippen molar-refractivity contribution in [3.63, 3.8) is 0 Å². The molecule has 0 spiro atoms. The molecule has 1 aliphatic rings. The minimum Gasteiger partial charge on any atom is -0.391 e. The standard InChI is InChI=1S/C22H20ClN5O4/c23-14-4-9-18(25-12-14)22(11-17(29)13-28(22)21(24)32)20(31)26-15-5-7-16(8-6-15)27-10-2-1-3-19(27)30/h1-10,12,17,29H,11,13H2,(H2,24,32)(H,26,31)/t17-,22-/m1/s1. The van der Waals surface area contributed by atoms with Crippen molar-refractivity contribution in [2.45, 2.75) is 18.1 Å². The van der Waals surface area contributed by atoms with Crippen LogP contribution in [0, 0.1) is 0 Å². The molecule has 4 N–H and O–H groups in total. The van der Waals surface area contributed by atoms with Gasteiger partial charge in [0, 0.05) is 42.8 Å². The van der Waals surface area contributed by atoms with E-state index in [2.05, 4.69) is 10.3 Å². The maximum absolute atomic E-state index is 13.5. The normalized spacial score (nSPS) is 20.2. The van der Waals surface area contributed by atoms with E-state index in [9.17, 15) is 19.5 Å². The summed E-state index contributed by atoms with van der Waals surface area (Å²) in [5.74, 6) is -0.577. The number of rotatable bonds is 4. The predicted octanol–water partition coefficient (Wildman–Crippen LogP) is 1.87. The number of aliphatic hydroxyl groups excluding tert-OH is 1. The topological polar surface area (TPSA) is 131 Å². The zero-order chi connectivity index (χ0) is 22.9. The first-order chi connectivity index (χ1) is 15.3. The molecular weight excluding hydrogens is 434 g/mol. The molecule has 0 saturated carbocycles. The van der Waals surface area contributed by atoms with Gasteiger partial charge in [-0.05, 0) is 42.5 Å². The largest absolute Gasteiger partial charge is 0.391 e. The van der Waals surface area contributed by atoms with Crippen molar-refractivity contribution in [1.82, 2.24) is 14.5 Å². The Morgan fingerprint density at radius 1 is 1.16 bits per heavy atom. The van der Waals surface area contributed by atoms with Crippen LogP contribution < -0.4 is 16.6 Å². The number of halogens is 1. The number of hydrogen-bond acceptors (Lipinski definition) is 5. The molecule has 9 nitrogen and oxygen atoms in total. The Hall–Kier alpha value is -3.69. The zero-order valence-electron chi connectivity index (χ0n) is 16.8. The SMILES string of the molecule is NC(=O)N1C[C@H](O)C[C@]1(C(=O)Nc1ccc(-n2ccccc2=O)cc1)c1ccc(Cl)cn1. The highest BCUT2D eigenvalue weighted by molar-refractivity contribution is 6.30. The van der Waals surface area contributed by atoms with E-state index < -0.39 is 23.6 Å². The zero-order valence-corrected chi connectivity index (χ0v) is 17.6. The molecule has 2 aromatic heterocycles. The van der Waals surface area contributed by atoms with Crippen molar-refractivity contribution in [1.29, 1.82) is 0 Å². The molecule has 0 bridgehead atoms. The molecule has 1 aromatic carbocycles. The van der Waals surface area contributed by atoms with Gasteiger partial charge in [-0.1, -0.05) is 17.7 Å². The van der Waals surface area contributed by atoms with Gasteiger partial charge >= 0.3 is 6.03 Å². The summed E-state index contributed by atoms with van der Waals surface area (Å²) in [7, 11) is 0. The van der Waals surface area contributed by atoms with Gasteiger partial charge in [0.15, 0.2) is 5.54 Å². The Labute approximate surface area is 188 Å². The van der Waals surface area contributed by atoms with Gasteiger partial charge < -0.3 is 21.1 Å². The Morgan fingerprint density at radius 2 is 1.91 bits per heavy atom. The molecular formula is C22H20ClN5O4. The molecule has 0 unspecified atom stereocenters. The number of nitrogens with two attached hydrogens (primary N) is 1. The molecule has 3 amide bonds. The van der Waals surface area contributed by atoms with Crippen molar-refractivity contribution >= 4 is 29.2 Å². The van der Waals surface area contributed by atoms with Crippen molar-refractivity contribution in [3.05, 3.63) is 88.1 Å². The number of carbonyl (C=O) groups excluding carboxylic acids is 2. The first-order valence-electron chi connectivity index (χ1n) is 9.78. The fraction of sp³-hybridized carbons (Fsp3) is 0.182. The van der Waals surface area contributed by atoms with Gasteiger partial charge in [0.05, 0.1) is 16.8 Å². The lowest BCUT2D eigenvalue weighted by molar-refractivity contribution is -0.126. The number of urea groups is 1. The number of nitrogens with one attached hydrogen (secondary N) is 1. The van der Waals surface area contributed by atoms with E-state index >= 15 is 0 Å². The predicted molar refractivity (Wildman–Crippen MR) is 119 cm³/mol. The third kappa shape index (κ3) is 3.83. The Kier molecular flexibility index (Phi) is 5.68. The molecule has 32 heavy (non-hydrogen) atoms. The molecule has 1 saturated heterocycles. The van der Waals surface area contributed by atoms with Crippen LogP contribution in [0.1, 0.15) is 12.1 Å². The average Bonchev–Trinajstić information content (AvgIpc) is 3.14. The second-order valence-corrected chi connectivity index (χ2v) is 7.88. The summed E-state index contributed by atoms with van der Waals surface area (Å²) in [4.78, 5) is 43.0. The lowest BCUT2D eigenvalue weighted by atomic mass is 9.89. The summed E-state index contributed by atoms with van der Waals surface area (Å²) < 4.78 is 1.47. The molecule has 1 fully saturated rings. The van der Waals surface area contributed by atoms with Gasteiger partial charge in [-0.3, -0.25) is 19.1 Å². The number of aromatic nitrogens is 2. The number of carbonyl (C=O) groups is 2. The number of nitrogens with zero attached hydrogens (tertiary/aromatic N) is 3. The number of amides is 3. The van der Waals surface area contributed by atoms with Crippen LogP contribution in [0.2, 0.25) is 5.02 Å². The molecule has 2 atom stereocenters. The van der Waals surface area contributed by atoms with Crippen molar-refractivity contribution in [2.75, 3.05) is 11.9 Å². The lowest BCUT2D eigenvalue weighted by Crippen LogP contribution is -2.55. The van der Waals surface area contributed by atoms with Crippen molar-refractivity contribution in [2.24, 2.45) is 5.73 Å². The first-order valence-corrected chi connectivity index (χ1v) is 10.2. The Morgan fingerprint density at radius 3 is 2.53 bits per heavy atom. The minimum absolute atomic E-state index is 0.0755. The van der Waals surface area contributed by atoms with Gasteiger partial charge in [0.2, 0.25) is 0 Å². The molecule has 164 valence electrons. The van der Waals surface area contributed by atoms with E-state index in [-0.39, 0.29) is 24.2 Å². The average molecular weight is 454 g/mol. The lowest BCUT2D eigenvalue weighted by Gasteiger charge is -2.35. The number of β-amino-alcohol motifs (C(OH)–C–C–N with tert-alkyl or cyclic N) is 1. The van der Waals surface area contributed by atoms with E-state index in [1.807, 2.05) is 0 Å². The highest BCUT2D eigenvalue weighted by Crippen LogP contribution is 2.39. The second kappa shape index (κ2) is 8.45. The molecule has 3 heterocycles. The van der Waals surface area contributed by atoms with Crippen LogP contribution in [-0.4, -0.2) is 44.1 Å². The summed E-state index contributed by atoms with van der Waals surface area (Å²) in [6, 6.07) is 13.7. The van der Waals surface area contributed by atoms with Crippen LogP contribution in [0.25, 0.3) is 5.69 Å². The monoisotopic (exact) mass is 453 g/mol. The molecule has 10 heteroatoms. The highest BCUT2D eigenvalue weighted by Gasteiger charge is 2.55. The quantitative estimate of drug-likeness (QED) is 0.555. The molecule has 0 aliphatic carbocycles. The van der Waals surface area contributed by atoms with Crippen LogP contribution in [0.15, 0.2) is 71.8 Å². The number of likely N-dealkylation sites (tertiary alicyclic amines) is 1. The van der Waals surface area contributed by atoms with Crippen molar-refractivity contribution < 1.29 is 14.7 Å². The maximum Gasteiger partial charge on any atom is 0.316 e. The summed E-state index contributed by atoms with van der Waals surface area (Å²) in [5, 5.41) is 13.4. The van der Waals surface area contributed by atoms with E-state index in [4.69, 9.17) is 17.3 Å². The smallest absolute Gasteiger partial charge is 0.316 e. The number of anilines is 1. The molecule has 0 radical (unpaired) electrons. The fourth-order valence-corrected chi connectivity index (χ4v) is 4.05. The number of hydrogen-bond donors (Lipinski definition) is 3. The van der Waals surface area contributed by atoms with Gasteiger partial charge in [0.1, 0.15) is 0 Å². The number of aliphatic hydroxyl groups is 1. The third-order valence-electron chi connectivity index (χ3n) is 5.40. The number of pyridine rings is 2. The Bertz CT molecular complexity index is 1210. The van der Waals surface area contributed by atoms with Crippen LogP contribution in [0.4, 0.5) is 10.5 Å². The van der Waals surface area contributed by atoms with E-state index in [0.29, 0.717) is 16.4 Å². The van der Waals surface area contributed by atoms with Gasteiger partial charge in [0.25, 0.3) is 11.5 Å². The minimum atomic E-state index is -1.61. The maximum atomic E-state index is 13.5. The van der Waals surface area contributed by atoms with Gasteiger partial charge in [-0.15, -0.1) is 0 Å². The fourth-order valence-electron chi connectivity index (χ4n) is 3.94. The van der Waals surface area contributed by atoms with Gasteiger partial charge in [-0.2, -0.15) is 0 Å². The van der Waals surface area contributed by atoms with Gasteiger partial charge in [-0.25, -0.2) is 4.79 Å². The van der Waals surface area contributed by atoms with E-state index in [1.165, 1.54) is 22.9 Å². The number of primary amides is 1. The Balaban J connectivity index is 1.68.